The third-order valence-electron chi connectivity index (χ3n) is 5.91. The van der Waals surface area contributed by atoms with Gasteiger partial charge in [0.05, 0.1) is 13.2 Å². The van der Waals surface area contributed by atoms with Crippen LogP contribution in [-0.2, 0) is 16.0 Å². The minimum Gasteiger partial charge on any atom is -0.467 e. The first kappa shape index (κ1) is 21.3. The van der Waals surface area contributed by atoms with E-state index in [9.17, 15) is 9.90 Å². The van der Waals surface area contributed by atoms with Gasteiger partial charge in [0.25, 0.3) is 0 Å². The highest BCUT2D eigenvalue weighted by molar-refractivity contribution is 5.84. The van der Waals surface area contributed by atoms with Gasteiger partial charge in [-0.3, -0.25) is 0 Å². The molecule has 1 atom stereocenters. The number of piperidine rings is 1. The molecule has 3 rings (SSSR count). The Kier molecular flexibility index (Phi) is 7.29. The lowest BCUT2D eigenvalue weighted by Gasteiger charge is -2.40. The molecule has 1 aliphatic heterocycles. The summed E-state index contributed by atoms with van der Waals surface area (Å²) in [5, 5.41) is 13.4. The molecule has 1 aliphatic rings. The number of methoxy groups -OCH3 is 1. The fourth-order valence-corrected chi connectivity index (χ4v) is 3.97. The van der Waals surface area contributed by atoms with E-state index in [0.717, 1.165) is 37.3 Å². The normalized spacial score (nSPS) is 17.5. The van der Waals surface area contributed by atoms with Gasteiger partial charge in [-0.25, -0.2) is 4.79 Å². The molecule has 1 fully saturated rings. The number of anilines is 1. The molecule has 0 amide bonds. The number of hydrogen-bond donors (Lipinski definition) is 2. The Morgan fingerprint density at radius 1 is 1.14 bits per heavy atom. The standard InChI is InChI=1S/C24H32N2O3/c1-3-22(27)20-9-11-21(12-10-20)25-24(23(28)29-2)14-17-26(18-15-24)16-13-19-7-5-4-6-8-19/h4-12,22,25,27H,3,13-18H2,1-2H3. The van der Waals surface area contributed by atoms with Gasteiger partial charge < -0.3 is 20.1 Å². The van der Waals surface area contributed by atoms with Crippen molar-refractivity contribution in [3.63, 3.8) is 0 Å². The van der Waals surface area contributed by atoms with Crippen LogP contribution in [0.1, 0.15) is 43.4 Å². The van der Waals surface area contributed by atoms with Crippen molar-refractivity contribution in [2.75, 3.05) is 32.1 Å². The average Bonchev–Trinajstić information content (AvgIpc) is 2.78. The van der Waals surface area contributed by atoms with Crippen LogP contribution >= 0.6 is 0 Å². The number of aliphatic hydroxyl groups is 1. The van der Waals surface area contributed by atoms with Gasteiger partial charge in [-0.2, -0.15) is 0 Å². The average molecular weight is 397 g/mol. The summed E-state index contributed by atoms with van der Waals surface area (Å²) in [6.07, 6.45) is 2.64. The maximum absolute atomic E-state index is 12.7. The summed E-state index contributed by atoms with van der Waals surface area (Å²) >= 11 is 0. The van der Waals surface area contributed by atoms with Gasteiger partial charge in [0.1, 0.15) is 5.54 Å². The van der Waals surface area contributed by atoms with Gasteiger partial charge in [-0.1, -0.05) is 49.4 Å². The van der Waals surface area contributed by atoms with Crippen LogP contribution in [0.15, 0.2) is 54.6 Å². The molecule has 1 heterocycles. The van der Waals surface area contributed by atoms with Gasteiger partial charge >= 0.3 is 5.97 Å². The molecule has 156 valence electrons. The molecule has 0 bridgehead atoms. The zero-order valence-corrected chi connectivity index (χ0v) is 17.4. The molecule has 2 aromatic rings. The van der Waals surface area contributed by atoms with Crippen molar-refractivity contribution in [3.05, 3.63) is 65.7 Å². The fraction of sp³-hybridized carbons (Fsp3) is 0.458. The van der Waals surface area contributed by atoms with Crippen molar-refractivity contribution in [2.24, 2.45) is 0 Å². The first-order chi connectivity index (χ1) is 14.1. The monoisotopic (exact) mass is 396 g/mol. The zero-order valence-electron chi connectivity index (χ0n) is 17.4. The molecule has 0 spiro atoms. The second-order valence-electron chi connectivity index (χ2n) is 7.82. The molecule has 5 nitrogen and oxygen atoms in total. The Hall–Kier alpha value is -2.37. The second kappa shape index (κ2) is 9.90. The van der Waals surface area contributed by atoms with Crippen molar-refractivity contribution in [1.82, 2.24) is 4.90 Å². The van der Waals surface area contributed by atoms with Crippen LogP contribution in [0.5, 0.6) is 0 Å². The lowest BCUT2D eigenvalue weighted by Crippen LogP contribution is -2.55. The van der Waals surface area contributed by atoms with Crippen LogP contribution < -0.4 is 5.32 Å². The smallest absolute Gasteiger partial charge is 0.331 e. The van der Waals surface area contributed by atoms with Gasteiger partial charge in [-0.15, -0.1) is 0 Å². The van der Waals surface area contributed by atoms with Gasteiger partial charge in [0.15, 0.2) is 0 Å². The fourth-order valence-electron chi connectivity index (χ4n) is 3.97. The Morgan fingerprint density at radius 2 is 1.79 bits per heavy atom. The molecule has 29 heavy (non-hydrogen) atoms. The van der Waals surface area contributed by atoms with E-state index in [-0.39, 0.29) is 5.97 Å². The van der Waals surface area contributed by atoms with Crippen LogP contribution in [0.4, 0.5) is 5.69 Å². The lowest BCUT2D eigenvalue weighted by molar-refractivity contribution is -0.147. The number of nitrogens with zero attached hydrogens (tertiary/aromatic N) is 1. The van der Waals surface area contributed by atoms with Gasteiger partial charge in [0, 0.05) is 25.3 Å². The Balaban J connectivity index is 1.62. The topological polar surface area (TPSA) is 61.8 Å². The van der Waals surface area contributed by atoms with Crippen LogP contribution in [-0.4, -0.2) is 48.3 Å². The number of esters is 1. The molecule has 2 N–H and O–H groups in total. The van der Waals surface area contributed by atoms with Gasteiger partial charge in [0.2, 0.25) is 0 Å². The van der Waals surface area contributed by atoms with E-state index < -0.39 is 11.6 Å². The van der Waals surface area contributed by atoms with E-state index >= 15 is 0 Å². The minimum absolute atomic E-state index is 0.210. The molecule has 0 aliphatic carbocycles. The molecule has 0 saturated carbocycles. The van der Waals surface area contributed by atoms with E-state index in [1.165, 1.54) is 12.7 Å². The summed E-state index contributed by atoms with van der Waals surface area (Å²) in [6.45, 7) is 4.64. The maximum atomic E-state index is 12.7. The molecule has 2 aromatic carbocycles. The predicted molar refractivity (Wildman–Crippen MR) is 116 cm³/mol. The zero-order chi connectivity index (χ0) is 20.7. The summed E-state index contributed by atoms with van der Waals surface area (Å²) in [6, 6.07) is 18.2. The molecule has 1 saturated heterocycles. The summed E-state index contributed by atoms with van der Waals surface area (Å²) in [5.74, 6) is -0.210. The van der Waals surface area contributed by atoms with E-state index in [0.29, 0.717) is 19.3 Å². The van der Waals surface area contributed by atoms with Crippen LogP contribution in [0.25, 0.3) is 0 Å². The highest BCUT2D eigenvalue weighted by Crippen LogP contribution is 2.29. The molecular weight excluding hydrogens is 364 g/mol. The summed E-state index contributed by atoms with van der Waals surface area (Å²) < 4.78 is 5.15. The molecule has 5 heteroatoms. The van der Waals surface area contributed by atoms with E-state index in [4.69, 9.17) is 4.74 Å². The highest BCUT2D eigenvalue weighted by atomic mass is 16.5. The van der Waals surface area contributed by atoms with Gasteiger partial charge in [-0.05, 0) is 48.9 Å². The molecule has 0 radical (unpaired) electrons. The molecule has 1 unspecified atom stereocenters. The Bertz CT molecular complexity index is 768. The number of aliphatic hydroxyl groups excluding tert-OH is 1. The number of benzene rings is 2. The van der Waals surface area contributed by atoms with Crippen molar-refractivity contribution in [3.8, 4) is 0 Å². The lowest BCUT2D eigenvalue weighted by atomic mass is 9.86. The van der Waals surface area contributed by atoms with Crippen molar-refractivity contribution in [2.45, 2.75) is 44.2 Å². The first-order valence-electron chi connectivity index (χ1n) is 10.5. The second-order valence-corrected chi connectivity index (χ2v) is 7.82. The van der Waals surface area contributed by atoms with Crippen molar-refractivity contribution in [1.29, 1.82) is 0 Å². The largest absolute Gasteiger partial charge is 0.467 e. The predicted octanol–water partition coefficient (Wildman–Crippen LogP) is 3.79. The number of hydrogen-bond acceptors (Lipinski definition) is 5. The first-order valence-corrected chi connectivity index (χ1v) is 10.5. The van der Waals surface area contributed by atoms with Crippen LogP contribution in [0.3, 0.4) is 0 Å². The third-order valence-corrected chi connectivity index (χ3v) is 5.91. The Labute approximate surface area is 173 Å². The van der Waals surface area contributed by atoms with E-state index in [1.54, 1.807) is 0 Å². The Morgan fingerprint density at radius 3 is 2.38 bits per heavy atom. The number of ether oxygens (including phenoxy) is 1. The summed E-state index contributed by atoms with van der Waals surface area (Å²) in [5.41, 5.74) is 2.40. The highest BCUT2D eigenvalue weighted by Gasteiger charge is 2.42. The SMILES string of the molecule is CCC(O)c1ccc(NC2(C(=O)OC)CCN(CCc3ccccc3)CC2)cc1. The molecule has 0 aromatic heterocycles. The minimum atomic E-state index is -0.705. The number of nitrogens with one attached hydrogen (secondary N) is 1. The van der Waals surface area contributed by atoms with E-state index in [1.807, 2.05) is 37.3 Å². The van der Waals surface area contributed by atoms with Crippen LogP contribution in [0.2, 0.25) is 0 Å². The van der Waals surface area contributed by atoms with Crippen LogP contribution in [0, 0.1) is 0 Å². The van der Waals surface area contributed by atoms with Crippen molar-refractivity contribution < 1.29 is 14.6 Å². The summed E-state index contributed by atoms with van der Waals surface area (Å²) in [7, 11) is 1.45. The van der Waals surface area contributed by atoms with Crippen molar-refractivity contribution >= 4 is 11.7 Å². The maximum Gasteiger partial charge on any atom is 0.331 e. The summed E-state index contributed by atoms with van der Waals surface area (Å²) in [4.78, 5) is 15.1. The number of rotatable bonds is 8. The number of likely N-dealkylation sites (tertiary alicyclic amines) is 1. The van der Waals surface area contributed by atoms with E-state index in [2.05, 4.69) is 34.5 Å². The number of carbonyl (C=O) groups is 1. The quantitative estimate of drug-likeness (QED) is 0.665. The third kappa shape index (κ3) is 5.37. The molecular formula is C24H32N2O3. The number of carbonyl (C=O) groups excluding carboxylic acids is 1.